The van der Waals surface area contributed by atoms with Crippen molar-refractivity contribution in [1.82, 2.24) is 5.32 Å². The maximum absolute atomic E-state index is 12.3. The van der Waals surface area contributed by atoms with Gasteiger partial charge in [-0.25, -0.2) is 0 Å². The van der Waals surface area contributed by atoms with Gasteiger partial charge in [0.05, 0.1) is 10.6 Å². The van der Waals surface area contributed by atoms with E-state index in [2.05, 4.69) is 21.2 Å². The van der Waals surface area contributed by atoms with Crippen LogP contribution in [0.15, 0.2) is 23.1 Å². The summed E-state index contributed by atoms with van der Waals surface area (Å²) in [5.74, 6) is -0.0720. The standard InChI is InChI=1S/C14H17BrClNOS/c1-19-9-6-7-12(16)10(8-9)14(18)17-13-5-3-2-4-11(13)15/h6-8,11,13H,2-5H2,1H3,(H,17,18). The number of thioether (sulfide) groups is 1. The molecule has 104 valence electrons. The van der Waals surface area contributed by atoms with Gasteiger partial charge in [0.2, 0.25) is 0 Å². The maximum atomic E-state index is 12.3. The summed E-state index contributed by atoms with van der Waals surface area (Å²) < 4.78 is 0. The number of carbonyl (C=O) groups excluding carboxylic acids is 1. The predicted octanol–water partition coefficient (Wildman–Crippen LogP) is 4.50. The quantitative estimate of drug-likeness (QED) is 0.633. The highest BCUT2D eigenvalue weighted by Crippen LogP contribution is 2.26. The number of hydrogen-bond donors (Lipinski definition) is 1. The van der Waals surface area contributed by atoms with Gasteiger partial charge in [0.15, 0.2) is 0 Å². The Morgan fingerprint density at radius 2 is 2.16 bits per heavy atom. The van der Waals surface area contributed by atoms with E-state index >= 15 is 0 Å². The summed E-state index contributed by atoms with van der Waals surface area (Å²) in [5, 5.41) is 3.61. The van der Waals surface area contributed by atoms with Crippen LogP contribution >= 0.6 is 39.3 Å². The Morgan fingerprint density at radius 3 is 2.84 bits per heavy atom. The summed E-state index contributed by atoms with van der Waals surface area (Å²) in [6.45, 7) is 0. The molecular formula is C14H17BrClNOS. The van der Waals surface area contributed by atoms with Crippen molar-refractivity contribution in [3.05, 3.63) is 28.8 Å². The number of benzene rings is 1. The van der Waals surface area contributed by atoms with Crippen LogP contribution in [0.5, 0.6) is 0 Å². The summed E-state index contributed by atoms with van der Waals surface area (Å²) >= 11 is 11.4. The number of carbonyl (C=O) groups is 1. The fraction of sp³-hybridized carbons (Fsp3) is 0.500. The van der Waals surface area contributed by atoms with Crippen LogP contribution in [0, 0.1) is 0 Å². The van der Waals surface area contributed by atoms with Crippen LogP contribution in [0.1, 0.15) is 36.0 Å². The fourth-order valence-corrected chi connectivity index (χ4v) is 3.66. The molecule has 0 heterocycles. The van der Waals surface area contributed by atoms with Crippen molar-refractivity contribution in [1.29, 1.82) is 0 Å². The topological polar surface area (TPSA) is 29.1 Å². The molecule has 1 aliphatic carbocycles. The van der Waals surface area contributed by atoms with Crippen LogP contribution < -0.4 is 5.32 Å². The minimum Gasteiger partial charge on any atom is -0.348 e. The molecule has 0 aromatic heterocycles. The van der Waals surface area contributed by atoms with Crippen molar-refractivity contribution < 1.29 is 4.79 Å². The summed E-state index contributed by atoms with van der Waals surface area (Å²) in [6, 6.07) is 5.77. The third-order valence-electron chi connectivity index (χ3n) is 3.42. The number of amides is 1. The van der Waals surface area contributed by atoms with Crippen molar-refractivity contribution >= 4 is 45.2 Å². The molecule has 1 fully saturated rings. The summed E-state index contributed by atoms with van der Waals surface area (Å²) in [7, 11) is 0. The minimum atomic E-state index is -0.0720. The van der Waals surface area contributed by atoms with E-state index in [1.165, 1.54) is 12.8 Å². The van der Waals surface area contributed by atoms with E-state index < -0.39 is 0 Å². The van der Waals surface area contributed by atoms with E-state index in [0.717, 1.165) is 17.7 Å². The highest BCUT2D eigenvalue weighted by atomic mass is 79.9. The van der Waals surface area contributed by atoms with Crippen molar-refractivity contribution in [2.45, 2.75) is 41.4 Å². The molecule has 0 saturated heterocycles. The van der Waals surface area contributed by atoms with E-state index in [0.29, 0.717) is 15.4 Å². The Kier molecular flexibility index (Phi) is 5.60. The lowest BCUT2D eigenvalue weighted by molar-refractivity contribution is 0.0930. The molecule has 0 radical (unpaired) electrons. The molecule has 2 nitrogen and oxygen atoms in total. The Morgan fingerprint density at radius 1 is 1.42 bits per heavy atom. The number of hydrogen-bond acceptors (Lipinski definition) is 2. The van der Waals surface area contributed by atoms with Crippen LogP contribution in [0.4, 0.5) is 0 Å². The first-order chi connectivity index (χ1) is 9.11. The first-order valence-corrected chi connectivity index (χ1v) is 8.92. The molecule has 2 unspecified atom stereocenters. The normalized spacial score (nSPS) is 23.1. The zero-order chi connectivity index (χ0) is 13.8. The van der Waals surface area contributed by atoms with Gasteiger partial charge in [0.1, 0.15) is 0 Å². The van der Waals surface area contributed by atoms with Gasteiger partial charge >= 0.3 is 0 Å². The van der Waals surface area contributed by atoms with E-state index in [4.69, 9.17) is 11.6 Å². The molecule has 0 spiro atoms. The van der Waals surface area contributed by atoms with Crippen LogP contribution in [-0.4, -0.2) is 23.0 Å². The number of nitrogens with one attached hydrogen (secondary N) is 1. The first kappa shape index (κ1) is 15.2. The molecule has 1 aromatic carbocycles. The maximum Gasteiger partial charge on any atom is 0.253 e. The van der Waals surface area contributed by atoms with E-state index in [1.807, 2.05) is 18.4 Å². The molecule has 0 bridgehead atoms. The molecule has 1 aromatic rings. The summed E-state index contributed by atoms with van der Waals surface area (Å²) in [5.41, 5.74) is 0.568. The van der Waals surface area contributed by atoms with Gasteiger partial charge in [0, 0.05) is 15.8 Å². The second kappa shape index (κ2) is 7.00. The van der Waals surface area contributed by atoms with Gasteiger partial charge in [-0.2, -0.15) is 0 Å². The van der Waals surface area contributed by atoms with Gasteiger partial charge in [-0.15, -0.1) is 11.8 Å². The summed E-state index contributed by atoms with van der Waals surface area (Å²) in [4.78, 5) is 13.7. The monoisotopic (exact) mass is 361 g/mol. The molecule has 1 amide bonds. The zero-order valence-corrected chi connectivity index (χ0v) is 13.9. The largest absolute Gasteiger partial charge is 0.348 e. The third-order valence-corrected chi connectivity index (χ3v) is 5.57. The van der Waals surface area contributed by atoms with Gasteiger partial charge in [-0.05, 0) is 37.3 Å². The third kappa shape index (κ3) is 3.89. The van der Waals surface area contributed by atoms with Crippen LogP contribution in [-0.2, 0) is 0 Å². The molecule has 0 aliphatic heterocycles. The van der Waals surface area contributed by atoms with Crippen LogP contribution in [0.3, 0.4) is 0 Å². The molecule has 1 saturated carbocycles. The van der Waals surface area contributed by atoms with E-state index in [9.17, 15) is 4.79 Å². The van der Waals surface area contributed by atoms with Crippen molar-refractivity contribution in [2.24, 2.45) is 0 Å². The second-order valence-corrected chi connectivity index (χ2v) is 7.19. The average Bonchev–Trinajstić information content (AvgIpc) is 2.42. The van der Waals surface area contributed by atoms with Crippen LogP contribution in [0.25, 0.3) is 0 Å². The lowest BCUT2D eigenvalue weighted by Gasteiger charge is -2.28. The zero-order valence-electron chi connectivity index (χ0n) is 10.8. The molecule has 2 atom stereocenters. The Labute approximate surface area is 131 Å². The fourth-order valence-electron chi connectivity index (χ4n) is 2.30. The summed E-state index contributed by atoms with van der Waals surface area (Å²) in [6.07, 6.45) is 6.53. The van der Waals surface area contributed by atoms with Crippen molar-refractivity contribution in [3.8, 4) is 0 Å². The Bertz CT molecular complexity index is 469. The highest BCUT2D eigenvalue weighted by molar-refractivity contribution is 9.09. The van der Waals surface area contributed by atoms with E-state index in [1.54, 1.807) is 17.8 Å². The Hall–Kier alpha value is -0.190. The molecule has 2 rings (SSSR count). The van der Waals surface area contributed by atoms with Crippen molar-refractivity contribution in [3.63, 3.8) is 0 Å². The van der Waals surface area contributed by atoms with Crippen molar-refractivity contribution in [2.75, 3.05) is 6.26 Å². The lowest BCUT2D eigenvalue weighted by Crippen LogP contribution is -2.42. The predicted molar refractivity (Wildman–Crippen MR) is 85.7 cm³/mol. The smallest absolute Gasteiger partial charge is 0.253 e. The van der Waals surface area contributed by atoms with Gasteiger partial charge in [-0.3, -0.25) is 4.79 Å². The SMILES string of the molecule is CSc1ccc(Cl)c(C(=O)NC2CCCCC2Br)c1. The van der Waals surface area contributed by atoms with Gasteiger partial charge < -0.3 is 5.32 Å². The van der Waals surface area contributed by atoms with Gasteiger partial charge in [-0.1, -0.05) is 40.4 Å². The molecule has 1 aliphatic rings. The second-order valence-electron chi connectivity index (χ2n) is 4.73. The van der Waals surface area contributed by atoms with Crippen LogP contribution in [0.2, 0.25) is 5.02 Å². The van der Waals surface area contributed by atoms with E-state index in [-0.39, 0.29) is 11.9 Å². The first-order valence-electron chi connectivity index (χ1n) is 6.40. The lowest BCUT2D eigenvalue weighted by atomic mass is 9.95. The minimum absolute atomic E-state index is 0.0720. The number of rotatable bonds is 3. The number of alkyl halides is 1. The average molecular weight is 363 g/mol. The molecule has 19 heavy (non-hydrogen) atoms. The Balaban J connectivity index is 2.10. The molecular weight excluding hydrogens is 346 g/mol. The molecule has 5 heteroatoms. The highest BCUT2D eigenvalue weighted by Gasteiger charge is 2.25. The van der Waals surface area contributed by atoms with Gasteiger partial charge in [0.25, 0.3) is 5.91 Å². The number of halogens is 2. The molecule has 1 N–H and O–H groups in total.